The van der Waals surface area contributed by atoms with Crippen molar-refractivity contribution in [3.8, 4) is 0 Å². The molecule has 2 aromatic rings. The zero-order valence-corrected chi connectivity index (χ0v) is 13.4. The van der Waals surface area contributed by atoms with E-state index in [0.29, 0.717) is 10.9 Å². The zero-order chi connectivity index (χ0) is 15.9. The van der Waals surface area contributed by atoms with Crippen molar-refractivity contribution in [3.63, 3.8) is 0 Å². The number of rotatable bonds is 5. The molecule has 0 bridgehead atoms. The molecule has 1 aromatic heterocycles. The Morgan fingerprint density at radius 1 is 1.32 bits per heavy atom. The Kier molecular flexibility index (Phi) is 3.65. The summed E-state index contributed by atoms with van der Waals surface area (Å²) < 4.78 is 23.1. The van der Waals surface area contributed by atoms with E-state index in [9.17, 15) is 18.5 Å². The van der Waals surface area contributed by atoms with Gasteiger partial charge < -0.3 is 5.32 Å². The van der Waals surface area contributed by atoms with Crippen molar-refractivity contribution in [2.45, 2.75) is 22.6 Å². The number of hydrogen-bond donors (Lipinski definition) is 1. The minimum Gasteiger partial charge on any atom is -0.368 e. The highest BCUT2D eigenvalue weighted by atomic mass is 32.2. The van der Waals surface area contributed by atoms with Crippen LogP contribution in [0.3, 0.4) is 0 Å². The number of anilines is 1. The van der Waals surface area contributed by atoms with Crippen molar-refractivity contribution in [1.82, 2.24) is 0 Å². The fourth-order valence-corrected chi connectivity index (χ4v) is 4.37. The monoisotopic (exact) mass is 338 g/mol. The van der Waals surface area contributed by atoms with Gasteiger partial charge in [-0.2, -0.15) is 0 Å². The molecular weight excluding hydrogens is 324 g/mol. The van der Waals surface area contributed by atoms with Crippen molar-refractivity contribution in [1.29, 1.82) is 0 Å². The molecule has 8 heteroatoms. The third kappa shape index (κ3) is 2.97. The lowest BCUT2D eigenvalue weighted by Gasteiger charge is -2.03. The van der Waals surface area contributed by atoms with Crippen LogP contribution in [0.15, 0.2) is 40.6 Å². The van der Waals surface area contributed by atoms with E-state index in [4.69, 9.17) is 0 Å². The van der Waals surface area contributed by atoms with Gasteiger partial charge in [-0.25, -0.2) is 8.42 Å². The number of thiophene rings is 1. The Balaban J connectivity index is 1.82. The summed E-state index contributed by atoms with van der Waals surface area (Å²) in [5, 5.41) is 14.5. The highest BCUT2D eigenvalue weighted by Gasteiger charge is 2.40. The standard InChI is InChI=1S/C14H14N2O4S2/c1-22(19,20)13-8-12(16(17)18)14(21-13)15-11-7-10(11)9-5-3-2-4-6-9/h2-6,8,10-11,15H,7H2,1H3/t10-,11-/m1/s1. The van der Waals surface area contributed by atoms with E-state index in [0.717, 1.165) is 30.1 Å². The second-order valence-corrected chi connectivity index (χ2v) is 8.61. The van der Waals surface area contributed by atoms with Crippen LogP contribution in [0.25, 0.3) is 0 Å². The van der Waals surface area contributed by atoms with Crippen molar-refractivity contribution >= 4 is 31.9 Å². The third-order valence-electron chi connectivity index (χ3n) is 3.59. The van der Waals surface area contributed by atoms with E-state index >= 15 is 0 Å². The molecule has 6 nitrogen and oxygen atoms in total. The predicted octanol–water partition coefficient (Wildman–Crippen LogP) is 3.03. The van der Waals surface area contributed by atoms with E-state index < -0.39 is 14.8 Å². The molecule has 1 saturated carbocycles. The molecule has 0 spiro atoms. The lowest BCUT2D eigenvalue weighted by Crippen LogP contribution is -2.04. The molecule has 1 N–H and O–H groups in total. The first-order valence-corrected chi connectivity index (χ1v) is 9.37. The first kappa shape index (κ1) is 15.0. The van der Waals surface area contributed by atoms with Crippen molar-refractivity contribution in [2.75, 3.05) is 11.6 Å². The van der Waals surface area contributed by atoms with Crippen LogP contribution in [0.5, 0.6) is 0 Å². The number of hydrogen-bond acceptors (Lipinski definition) is 6. The van der Waals surface area contributed by atoms with Gasteiger partial charge in [0.15, 0.2) is 14.8 Å². The van der Waals surface area contributed by atoms with Crippen molar-refractivity contribution in [3.05, 3.63) is 52.1 Å². The van der Waals surface area contributed by atoms with Gasteiger partial charge in [0, 0.05) is 24.3 Å². The Morgan fingerprint density at radius 2 is 2.00 bits per heavy atom. The molecule has 0 radical (unpaired) electrons. The Morgan fingerprint density at radius 3 is 2.59 bits per heavy atom. The number of sulfone groups is 1. The van der Waals surface area contributed by atoms with E-state index in [1.807, 2.05) is 30.3 Å². The number of benzene rings is 1. The highest BCUT2D eigenvalue weighted by Crippen LogP contribution is 2.46. The minimum atomic E-state index is -3.45. The quantitative estimate of drug-likeness (QED) is 0.668. The predicted molar refractivity (Wildman–Crippen MR) is 85.3 cm³/mol. The molecule has 0 unspecified atom stereocenters. The van der Waals surface area contributed by atoms with Gasteiger partial charge in [-0.1, -0.05) is 41.7 Å². The van der Waals surface area contributed by atoms with Gasteiger partial charge in [0.1, 0.15) is 4.21 Å². The van der Waals surface area contributed by atoms with Gasteiger partial charge in [-0.05, 0) is 12.0 Å². The van der Waals surface area contributed by atoms with Crippen LogP contribution < -0.4 is 5.32 Å². The van der Waals surface area contributed by atoms with Crippen LogP contribution in [-0.2, 0) is 9.84 Å². The van der Waals surface area contributed by atoms with Gasteiger partial charge in [0.25, 0.3) is 0 Å². The number of nitrogens with zero attached hydrogens (tertiary/aromatic N) is 1. The summed E-state index contributed by atoms with van der Waals surface area (Å²) >= 11 is 0.920. The van der Waals surface area contributed by atoms with Gasteiger partial charge in [0.05, 0.1) is 4.92 Å². The molecule has 1 fully saturated rings. The highest BCUT2D eigenvalue weighted by molar-refractivity contribution is 7.92. The first-order chi connectivity index (χ1) is 10.4. The second-order valence-electron chi connectivity index (χ2n) is 5.31. The lowest BCUT2D eigenvalue weighted by atomic mass is 10.1. The fourth-order valence-electron chi connectivity index (χ4n) is 2.37. The number of nitrogens with one attached hydrogen (secondary N) is 1. The summed E-state index contributed by atoms with van der Waals surface area (Å²) in [6.07, 6.45) is 1.93. The van der Waals surface area contributed by atoms with Crippen LogP contribution in [0.1, 0.15) is 17.9 Å². The van der Waals surface area contributed by atoms with Gasteiger partial charge in [-0.3, -0.25) is 10.1 Å². The molecule has 1 aliphatic rings. The van der Waals surface area contributed by atoms with Crippen LogP contribution in [0, 0.1) is 10.1 Å². The molecule has 1 aliphatic carbocycles. The van der Waals surface area contributed by atoms with Gasteiger partial charge in [0.2, 0.25) is 0 Å². The zero-order valence-electron chi connectivity index (χ0n) is 11.7. The summed E-state index contributed by atoms with van der Waals surface area (Å²) in [5.74, 6) is 0.310. The molecule has 116 valence electrons. The maximum absolute atomic E-state index is 11.6. The summed E-state index contributed by atoms with van der Waals surface area (Å²) in [7, 11) is -3.45. The molecule has 1 heterocycles. The minimum absolute atomic E-state index is 0.0126. The van der Waals surface area contributed by atoms with Crippen LogP contribution in [0.2, 0.25) is 0 Å². The first-order valence-electron chi connectivity index (χ1n) is 6.66. The molecular formula is C14H14N2O4S2. The van der Waals surface area contributed by atoms with Crippen LogP contribution in [0.4, 0.5) is 10.7 Å². The summed E-state index contributed by atoms with van der Waals surface area (Å²) in [6.45, 7) is 0. The molecule has 2 atom stereocenters. The molecule has 0 saturated heterocycles. The summed E-state index contributed by atoms with van der Waals surface area (Å²) in [4.78, 5) is 10.5. The maximum Gasteiger partial charge on any atom is 0.304 e. The van der Waals surface area contributed by atoms with E-state index in [2.05, 4.69) is 5.32 Å². The molecule has 22 heavy (non-hydrogen) atoms. The van der Waals surface area contributed by atoms with Crippen molar-refractivity contribution in [2.24, 2.45) is 0 Å². The molecule has 0 amide bonds. The Labute approximate surface area is 131 Å². The second kappa shape index (κ2) is 5.36. The SMILES string of the molecule is CS(=O)(=O)c1cc([N+](=O)[O-])c(N[C@@H]2C[C@@H]2c2ccccc2)s1. The smallest absolute Gasteiger partial charge is 0.304 e. The van der Waals surface area contributed by atoms with E-state index in [1.165, 1.54) is 5.56 Å². The van der Waals surface area contributed by atoms with E-state index in [1.54, 1.807) is 0 Å². The topological polar surface area (TPSA) is 89.3 Å². The van der Waals surface area contributed by atoms with Gasteiger partial charge >= 0.3 is 5.69 Å². The Hall–Kier alpha value is -1.93. The molecule has 1 aromatic carbocycles. The normalized spacial score (nSPS) is 20.6. The average Bonchev–Trinajstić information content (AvgIpc) is 3.06. The largest absolute Gasteiger partial charge is 0.368 e. The van der Waals surface area contributed by atoms with E-state index in [-0.39, 0.29) is 15.9 Å². The fraction of sp³-hybridized carbons (Fsp3) is 0.286. The molecule has 3 rings (SSSR count). The van der Waals surface area contributed by atoms with Crippen LogP contribution in [-0.4, -0.2) is 25.6 Å². The Bertz CT molecular complexity index is 815. The molecule has 0 aliphatic heterocycles. The van der Waals surface area contributed by atoms with Crippen molar-refractivity contribution < 1.29 is 13.3 Å². The summed E-state index contributed by atoms with van der Waals surface area (Å²) in [6, 6.07) is 11.1. The van der Waals surface area contributed by atoms with Gasteiger partial charge in [-0.15, -0.1) is 0 Å². The third-order valence-corrected chi connectivity index (χ3v) is 6.44. The average molecular weight is 338 g/mol. The lowest BCUT2D eigenvalue weighted by molar-refractivity contribution is -0.383. The number of nitro groups is 1. The maximum atomic E-state index is 11.6. The summed E-state index contributed by atoms with van der Waals surface area (Å²) in [5.41, 5.74) is 1.01. The van der Waals surface area contributed by atoms with Crippen LogP contribution >= 0.6 is 11.3 Å².